The molecule has 0 aromatic heterocycles. The van der Waals surface area contributed by atoms with Crippen molar-refractivity contribution in [3.05, 3.63) is 70.5 Å². The number of carbonyl (C=O) groups excluding carboxylic acids is 3. The third kappa shape index (κ3) is 3.19. The largest absolute Gasteiger partial charge is 0.335 e. The molecule has 1 aliphatic heterocycles. The molecule has 0 saturated carbocycles. The second-order valence-corrected chi connectivity index (χ2v) is 5.78. The maximum absolute atomic E-state index is 13.0. The number of rotatable bonds is 2. The Hall–Kier alpha value is -3.28. The second kappa shape index (κ2) is 6.32. The Kier molecular flexibility index (Phi) is 4.19. The van der Waals surface area contributed by atoms with Gasteiger partial charge in [0, 0.05) is 0 Å². The molecule has 0 spiro atoms. The summed E-state index contributed by atoms with van der Waals surface area (Å²) in [6, 6.07) is 9.69. The highest BCUT2D eigenvalue weighted by Gasteiger charge is 2.36. The van der Waals surface area contributed by atoms with Crippen LogP contribution in [0.15, 0.2) is 48.0 Å². The molecular weight excluding hydrogens is 323 g/mol. The van der Waals surface area contributed by atoms with Crippen LogP contribution in [-0.4, -0.2) is 17.8 Å². The second-order valence-electron chi connectivity index (χ2n) is 5.78. The molecule has 1 aliphatic rings. The molecule has 0 bridgehead atoms. The number of carbonyl (C=O) groups is 3. The van der Waals surface area contributed by atoms with Crippen molar-refractivity contribution in [3.63, 3.8) is 0 Å². The number of hydrogen-bond donors (Lipinski definition) is 1. The van der Waals surface area contributed by atoms with Gasteiger partial charge in [-0.2, -0.15) is 0 Å². The smallest absolute Gasteiger partial charge is 0.273 e. The number of nitrogens with zero attached hydrogens (tertiary/aromatic N) is 1. The standard InChI is InChI=1S/C19H15FN2O3/c1-11-3-8-15(9-12(11)2)22-18(24)16(17(23)21-19(22)25)10-13-4-6-14(20)7-5-13/h3-10H,1-2H3,(H,21,23,25). The van der Waals surface area contributed by atoms with E-state index in [-0.39, 0.29) is 5.57 Å². The zero-order valence-electron chi connectivity index (χ0n) is 13.7. The first-order valence-electron chi connectivity index (χ1n) is 7.61. The molecule has 0 unspecified atom stereocenters. The molecule has 4 amide bonds. The number of halogens is 1. The van der Waals surface area contributed by atoms with Crippen LogP contribution in [0.1, 0.15) is 16.7 Å². The average molecular weight is 338 g/mol. The number of imide groups is 2. The average Bonchev–Trinajstić information content (AvgIpc) is 2.56. The third-order valence-corrected chi connectivity index (χ3v) is 4.03. The van der Waals surface area contributed by atoms with Crippen molar-refractivity contribution >= 4 is 29.6 Å². The van der Waals surface area contributed by atoms with Gasteiger partial charge in [-0.15, -0.1) is 0 Å². The first kappa shape index (κ1) is 16.6. The summed E-state index contributed by atoms with van der Waals surface area (Å²) in [5.41, 5.74) is 2.60. The Balaban J connectivity index is 2.02. The van der Waals surface area contributed by atoms with Gasteiger partial charge in [0.1, 0.15) is 11.4 Å². The van der Waals surface area contributed by atoms with E-state index in [1.807, 2.05) is 13.8 Å². The van der Waals surface area contributed by atoms with E-state index in [0.29, 0.717) is 11.3 Å². The van der Waals surface area contributed by atoms with E-state index in [1.165, 1.54) is 30.3 Å². The summed E-state index contributed by atoms with van der Waals surface area (Å²) in [7, 11) is 0. The van der Waals surface area contributed by atoms with Gasteiger partial charge in [-0.1, -0.05) is 18.2 Å². The molecular formula is C19H15FN2O3. The van der Waals surface area contributed by atoms with Crippen molar-refractivity contribution in [1.29, 1.82) is 0 Å². The van der Waals surface area contributed by atoms with Crippen LogP contribution in [0.25, 0.3) is 6.08 Å². The van der Waals surface area contributed by atoms with Gasteiger partial charge in [0.25, 0.3) is 11.8 Å². The van der Waals surface area contributed by atoms with Crippen LogP contribution in [0.2, 0.25) is 0 Å². The quantitative estimate of drug-likeness (QED) is 0.676. The summed E-state index contributed by atoms with van der Waals surface area (Å²) < 4.78 is 13.0. The molecule has 5 nitrogen and oxygen atoms in total. The van der Waals surface area contributed by atoms with Gasteiger partial charge >= 0.3 is 6.03 Å². The van der Waals surface area contributed by atoms with Gasteiger partial charge in [0.2, 0.25) is 0 Å². The van der Waals surface area contributed by atoms with Crippen LogP contribution in [0, 0.1) is 19.7 Å². The van der Waals surface area contributed by atoms with E-state index < -0.39 is 23.7 Å². The van der Waals surface area contributed by atoms with E-state index in [0.717, 1.165) is 16.0 Å². The predicted molar refractivity (Wildman–Crippen MR) is 91.3 cm³/mol. The molecule has 1 N–H and O–H groups in total. The van der Waals surface area contributed by atoms with Crippen molar-refractivity contribution in [1.82, 2.24) is 5.32 Å². The minimum Gasteiger partial charge on any atom is -0.273 e. The van der Waals surface area contributed by atoms with E-state index in [2.05, 4.69) is 5.32 Å². The molecule has 1 heterocycles. The Morgan fingerprint density at radius 2 is 1.64 bits per heavy atom. The SMILES string of the molecule is Cc1ccc(N2C(=O)NC(=O)C(=Cc3ccc(F)cc3)C2=O)cc1C. The number of aryl methyl sites for hydroxylation is 2. The van der Waals surface area contributed by atoms with E-state index in [1.54, 1.807) is 18.2 Å². The van der Waals surface area contributed by atoms with Gasteiger partial charge in [0.15, 0.2) is 0 Å². The number of amides is 4. The van der Waals surface area contributed by atoms with Crippen LogP contribution >= 0.6 is 0 Å². The molecule has 126 valence electrons. The molecule has 0 aliphatic carbocycles. The molecule has 6 heteroatoms. The van der Waals surface area contributed by atoms with Crippen molar-refractivity contribution in [2.24, 2.45) is 0 Å². The van der Waals surface area contributed by atoms with Gasteiger partial charge in [-0.3, -0.25) is 14.9 Å². The summed E-state index contributed by atoms with van der Waals surface area (Å²) in [4.78, 5) is 37.8. The minimum absolute atomic E-state index is 0.190. The highest BCUT2D eigenvalue weighted by molar-refractivity contribution is 6.39. The summed E-state index contributed by atoms with van der Waals surface area (Å²) in [6.07, 6.45) is 1.33. The third-order valence-electron chi connectivity index (χ3n) is 4.03. The fourth-order valence-electron chi connectivity index (χ4n) is 2.48. The summed E-state index contributed by atoms with van der Waals surface area (Å²) in [5, 5.41) is 2.16. The highest BCUT2D eigenvalue weighted by Crippen LogP contribution is 2.24. The van der Waals surface area contributed by atoms with Gasteiger partial charge < -0.3 is 0 Å². The van der Waals surface area contributed by atoms with Crippen molar-refractivity contribution in [2.45, 2.75) is 13.8 Å². The lowest BCUT2D eigenvalue weighted by Crippen LogP contribution is -2.54. The normalized spacial score (nSPS) is 16.4. The fourth-order valence-corrected chi connectivity index (χ4v) is 2.48. The number of hydrogen-bond acceptors (Lipinski definition) is 3. The van der Waals surface area contributed by atoms with E-state index in [9.17, 15) is 18.8 Å². The fraction of sp³-hybridized carbons (Fsp3) is 0.105. The summed E-state index contributed by atoms with van der Waals surface area (Å²) in [6.45, 7) is 3.78. The van der Waals surface area contributed by atoms with Crippen LogP contribution in [0.3, 0.4) is 0 Å². The Bertz CT molecular complexity index is 917. The molecule has 2 aromatic carbocycles. The van der Waals surface area contributed by atoms with Crippen molar-refractivity contribution in [3.8, 4) is 0 Å². The van der Waals surface area contributed by atoms with E-state index >= 15 is 0 Å². The van der Waals surface area contributed by atoms with Crippen molar-refractivity contribution in [2.75, 3.05) is 4.90 Å². The molecule has 0 atom stereocenters. The first-order valence-corrected chi connectivity index (χ1v) is 7.61. The minimum atomic E-state index is -0.797. The topological polar surface area (TPSA) is 66.5 Å². The van der Waals surface area contributed by atoms with Gasteiger partial charge in [0.05, 0.1) is 5.69 Å². The number of nitrogens with one attached hydrogen (secondary N) is 1. The lowest BCUT2D eigenvalue weighted by atomic mass is 10.1. The van der Waals surface area contributed by atoms with Crippen LogP contribution in [0.5, 0.6) is 0 Å². The lowest BCUT2D eigenvalue weighted by molar-refractivity contribution is -0.122. The molecule has 0 radical (unpaired) electrons. The molecule has 1 saturated heterocycles. The predicted octanol–water partition coefficient (Wildman–Crippen LogP) is 3.11. The number of benzene rings is 2. The van der Waals surface area contributed by atoms with Gasteiger partial charge in [-0.05, 0) is 60.9 Å². The summed E-state index contributed by atoms with van der Waals surface area (Å²) in [5.74, 6) is -1.92. The molecule has 25 heavy (non-hydrogen) atoms. The molecule has 2 aromatic rings. The zero-order valence-corrected chi connectivity index (χ0v) is 13.7. The van der Waals surface area contributed by atoms with Crippen LogP contribution in [-0.2, 0) is 9.59 Å². The Labute approximate surface area is 143 Å². The first-order chi connectivity index (χ1) is 11.9. The maximum Gasteiger partial charge on any atom is 0.335 e. The van der Waals surface area contributed by atoms with Crippen LogP contribution in [0.4, 0.5) is 14.9 Å². The monoisotopic (exact) mass is 338 g/mol. The van der Waals surface area contributed by atoms with Gasteiger partial charge in [-0.25, -0.2) is 14.1 Å². The number of barbiturate groups is 1. The Morgan fingerprint density at radius 3 is 2.28 bits per heavy atom. The van der Waals surface area contributed by atoms with E-state index in [4.69, 9.17) is 0 Å². The lowest BCUT2D eigenvalue weighted by Gasteiger charge is -2.26. The zero-order chi connectivity index (χ0) is 18.1. The summed E-state index contributed by atoms with van der Waals surface area (Å²) >= 11 is 0. The molecule has 1 fully saturated rings. The molecule has 3 rings (SSSR count). The Morgan fingerprint density at radius 1 is 0.960 bits per heavy atom. The maximum atomic E-state index is 13.0. The number of urea groups is 1. The van der Waals surface area contributed by atoms with Crippen molar-refractivity contribution < 1.29 is 18.8 Å². The van der Waals surface area contributed by atoms with Crippen LogP contribution < -0.4 is 10.2 Å². The highest BCUT2D eigenvalue weighted by atomic mass is 19.1. The number of anilines is 1.